The summed E-state index contributed by atoms with van der Waals surface area (Å²) in [6.07, 6.45) is 1.64. The minimum atomic E-state index is 0.00521. The molecule has 0 radical (unpaired) electrons. The zero-order valence-electron chi connectivity index (χ0n) is 15.5. The Morgan fingerprint density at radius 1 is 1.00 bits per heavy atom. The molecule has 136 valence electrons. The summed E-state index contributed by atoms with van der Waals surface area (Å²) in [5, 5.41) is 5.24. The van der Waals surface area contributed by atoms with Crippen LogP contribution in [-0.2, 0) is 4.79 Å². The summed E-state index contributed by atoms with van der Waals surface area (Å²) in [5.74, 6) is 0.557. The zero-order chi connectivity index (χ0) is 18.8. The number of hydrogen-bond acceptors (Lipinski definition) is 3. The monoisotopic (exact) mass is 358 g/mol. The number of aromatic nitrogens is 1. The van der Waals surface area contributed by atoms with E-state index in [4.69, 9.17) is 9.40 Å². The normalized spacial score (nSPS) is 11.4. The Bertz CT molecular complexity index is 1110. The minimum Gasteiger partial charge on any atom is -0.436 e. The molecule has 0 bridgehead atoms. The maximum absolute atomic E-state index is 12.5. The van der Waals surface area contributed by atoms with Crippen molar-refractivity contribution in [3.63, 3.8) is 0 Å². The molecule has 4 nitrogen and oxygen atoms in total. The molecule has 0 aliphatic heterocycles. The fraction of sp³-hybridized carbons (Fsp3) is 0.217. The van der Waals surface area contributed by atoms with Crippen LogP contribution in [0.3, 0.4) is 0 Å². The SMILES string of the molecule is CCC(CC)C(=O)Nc1ccccc1-c1nc2c(ccc3ccccc32)o1. The Labute approximate surface area is 158 Å². The number of fused-ring (bicyclic) bond motifs is 3. The fourth-order valence-corrected chi connectivity index (χ4v) is 3.45. The first kappa shape index (κ1) is 17.3. The summed E-state index contributed by atoms with van der Waals surface area (Å²) in [6.45, 7) is 4.07. The van der Waals surface area contributed by atoms with Gasteiger partial charge >= 0.3 is 0 Å². The molecule has 0 saturated heterocycles. The Morgan fingerprint density at radius 2 is 1.74 bits per heavy atom. The largest absolute Gasteiger partial charge is 0.436 e. The van der Waals surface area contributed by atoms with E-state index in [1.165, 1.54) is 0 Å². The van der Waals surface area contributed by atoms with Gasteiger partial charge in [-0.1, -0.05) is 56.3 Å². The molecule has 0 saturated carbocycles. The Hall–Kier alpha value is -3.14. The maximum Gasteiger partial charge on any atom is 0.229 e. The molecule has 1 N–H and O–H groups in total. The quantitative estimate of drug-likeness (QED) is 0.474. The number of carbonyl (C=O) groups is 1. The van der Waals surface area contributed by atoms with Crippen molar-refractivity contribution in [3.05, 3.63) is 60.7 Å². The Balaban J connectivity index is 1.78. The number of nitrogens with one attached hydrogen (secondary N) is 1. The van der Waals surface area contributed by atoms with Crippen molar-refractivity contribution in [1.82, 2.24) is 4.98 Å². The number of anilines is 1. The summed E-state index contributed by atoms with van der Waals surface area (Å²) in [6, 6.07) is 19.7. The van der Waals surface area contributed by atoms with Crippen molar-refractivity contribution in [2.24, 2.45) is 5.92 Å². The van der Waals surface area contributed by atoms with E-state index in [0.29, 0.717) is 5.89 Å². The van der Waals surface area contributed by atoms with E-state index in [0.717, 1.165) is 46.0 Å². The lowest BCUT2D eigenvalue weighted by Crippen LogP contribution is -2.21. The van der Waals surface area contributed by atoms with Gasteiger partial charge in [0.15, 0.2) is 5.58 Å². The van der Waals surface area contributed by atoms with Crippen molar-refractivity contribution in [3.8, 4) is 11.5 Å². The molecule has 27 heavy (non-hydrogen) atoms. The smallest absolute Gasteiger partial charge is 0.229 e. The van der Waals surface area contributed by atoms with Gasteiger partial charge in [0.2, 0.25) is 11.8 Å². The summed E-state index contributed by atoms with van der Waals surface area (Å²) in [7, 11) is 0. The van der Waals surface area contributed by atoms with Crippen molar-refractivity contribution in [2.45, 2.75) is 26.7 Å². The number of benzene rings is 3. The first-order chi connectivity index (χ1) is 13.2. The van der Waals surface area contributed by atoms with Gasteiger partial charge in [-0.15, -0.1) is 0 Å². The predicted octanol–water partition coefficient (Wildman–Crippen LogP) is 6.02. The van der Waals surface area contributed by atoms with Gasteiger partial charge in [0.1, 0.15) is 5.52 Å². The van der Waals surface area contributed by atoms with Crippen LogP contribution in [0.4, 0.5) is 5.69 Å². The van der Waals surface area contributed by atoms with E-state index < -0.39 is 0 Å². The van der Waals surface area contributed by atoms with Gasteiger partial charge in [-0.2, -0.15) is 0 Å². The van der Waals surface area contributed by atoms with Crippen molar-refractivity contribution in [1.29, 1.82) is 0 Å². The summed E-state index contributed by atoms with van der Waals surface area (Å²) in [5.41, 5.74) is 3.09. The van der Waals surface area contributed by atoms with E-state index in [-0.39, 0.29) is 11.8 Å². The third-order valence-electron chi connectivity index (χ3n) is 5.06. The average molecular weight is 358 g/mol. The number of amides is 1. The number of nitrogens with zero attached hydrogens (tertiary/aromatic N) is 1. The molecule has 0 aliphatic rings. The first-order valence-corrected chi connectivity index (χ1v) is 9.39. The number of carbonyl (C=O) groups excluding carboxylic acids is 1. The second-order valence-corrected chi connectivity index (χ2v) is 6.70. The Morgan fingerprint density at radius 3 is 2.56 bits per heavy atom. The van der Waals surface area contributed by atoms with Crippen LogP contribution in [0.1, 0.15) is 26.7 Å². The van der Waals surface area contributed by atoms with Crippen LogP contribution in [-0.4, -0.2) is 10.9 Å². The summed E-state index contributed by atoms with van der Waals surface area (Å²) < 4.78 is 6.04. The molecule has 0 aliphatic carbocycles. The van der Waals surface area contributed by atoms with Crippen molar-refractivity contribution >= 4 is 33.5 Å². The van der Waals surface area contributed by atoms with Crippen LogP contribution in [0.2, 0.25) is 0 Å². The van der Waals surface area contributed by atoms with Gasteiger partial charge in [-0.05, 0) is 36.4 Å². The van der Waals surface area contributed by atoms with Crippen LogP contribution in [0.15, 0.2) is 65.1 Å². The predicted molar refractivity (Wildman–Crippen MR) is 110 cm³/mol. The van der Waals surface area contributed by atoms with Crippen LogP contribution in [0, 0.1) is 5.92 Å². The van der Waals surface area contributed by atoms with Crippen molar-refractivity contribution in [2.75, 3.05) is 5.32 Å². The summed E-state index contributed by atoms with van der Waals surface area (Å²) >= 11 is 0. The second kappa shape index (κ2) is 7.23. The van der Waals surface area contributed by atoms with Gasteiger partial charge in [0.25, 0.3) is 0 Å². The number of oxazole rings is 1. The van der Waals surface area contributed by atoms with Crippen LogP contribution < -0.4 is 5.32 Å². The van der Waals surface area contributed by atoms with Gasteiger partial charge < -0.3 is 9.73 Å². The van der Waals surface area contributed by atoms with E-state index in [1.54, 1.807) is 0 Å². The molecule has 4 heteroatoms. The third-order valence-corrected chi connectivity index (χ3v) is 5.06. The lowest BCUT2D eigenvalue weighted by molar-refractivity contribution is -0.120. The number of rotatable bonds is 5. The first-order valence-electron chi connectivity index (χ1n) is 9.39. The van der Waals surface area contributed by atoms with Gasteiger partial charge in [0.05, 0.1) is 11.3 Å². The lowest BCUT2D eigenvalue weighted by atomic mass is 10.0. The molecular formula is C23H22N2O2. The molecule has 0 spiro atoms. The topological polar surface area (TPSA) is 55.1 Å². The van der Waals surface area contributed by atoms with Crippen LogP contribution in [0.25, 0.3) is 33.3 Å². The standard InChI is InChI=1S/C23H22N2O2/c1-3-15(4-2)22(26)24-19-12-8-7-11-18(19)23-25-21-17-10-6-5-9-16(17)13-14-20(21)27-23/h5-15H,3-4H2,1-2H3,(H,24,26). The van der Waals surface area contributed by atoms with E-state index in [9.17, 15) is 4.79 Å². The van der Waals surface area contributed by atoms with Gasteiger partial charge in [-0.25, -0.2) is 4.98 Å². The number of hydrogen-bond donors (Lipinski definition) is 1. The molecule has 1 amide bonds. The average Bonchev–Trinajstić information content (AvgIpc) is 3.14. The van der Waals surface area contributed by atoms with E-state index in [1.807, 2.05) is 68.4 Å². The van der Waals surface area contributed by atoms with Gasteiger partial charge in [-0.3, -0.25) is 4.79 Å². The van der Waals surface area contributed by atoms with Crippen LogP contribution in [0.5, 0.6) is 0 Å². The zero-order valence-corrected chi connectivity index (χ0v) is 15.5. The number of para-hydroxylation sites is 1. The van der Waals surface area contributed by atoms with E-state index >= 15 is 0 Å². The van der Waals surface area contributed by atoms with E-state index in [2.05, 4.69) is 11.4 Å². The highest BCUT2D eigenvalue weighted by Crippen LogP contribution is 2.33. The third kappa shape index (κ3) is 3.19. The molecule has 0 fully saturated rings. The Kier molecular flexibility index (Phi) is 4.63. The minimum absolute atomic E-state index is 0.00521. The van der Waals surface area contributed by atoms with Gasteiger partial charge in [0, 0.05) is 11.3 Å². The highest BCUT2D eigenvalue weighted by Gasteiger charge is 2.18. The fourth-order valence-electron chi connectivity index (χ4n) is 3.45. The molecule has 4 rings (SSSR count). The molecule has 1 aromatic heterocycles. The molecule has 4 aromatic rings. The second-order valence-electron chi connectivity index (χ2n) is 6.70. The molecule has 1 heterocycles. The molecule has 0 atom stereocenters. The highest BCUT2D eigenvalue weighted by molar-refractivity contribution is 6.04. The molecule has 3 aromatic carbocycles. The molecular weight excluding hydrogens is 336 g/mol. The molecule has 0 unspecified atom stereocenters. The highest BCUT2D eigenvalue weighted by atomic mass is 16.3. The maximum atomic E-state index is 12.5. The summed E-state index contributed by atoms with van der Waals surface area (Å²) in [4.78, 5) is 17.3. The lowest BCUT2D eigenvalue weighted by Gasteiger charge is -2.14. The van der Waals surface area contributed by atoms with Crippen LogP contribution >= 0.6 is 0 Å². The van der Waals surface area contributed by atoms with Crippen molar-refractivity contribution < 1.29 is 9.21 Å².